The zero-order valence-corrected chi connectivity index (χ0v) is 16.8. The summed E-state index contributed by atoms with van der Waals surface area (Å²) in [5, 5.41) is 8.27. The van der Waals surface area contributed by atoms with Gasteiger partial charge in [0.25, 0.3) is 5.91 Å². The van der Waals surface area contributed by atoms with E-state index >= 15 is 0 Å². The van der Waals surface area contributed by atoms with E-state index in [2.05, 4.69) is 15.1 Å². The molecule has 6 nitrogen and oxygen atoms in total. The number of para-hydroxylation sites is 1. The highest BCUT2D eigenvalue weighted by Gasteiger charge is 2.21. The van der Waals surface area contributed by atoms with Crippen molar-refractivity contribution < 1.29 is 9.53 Å². The van der Waals surface area contributed by atoms with Crippen molar-refractivity contribution in [3.63, 3.8) is 0 Å². The van der Waals surface area contributed by atoms with Crippen LogP contribution in [0.2, 0.25) is 5.02 Å². The SMILES string of the molecule is O=C(COc1ccccc1)N1CCCN(c2cc(-c3ccc(Cl)cc3)[nH]n2)CC1. The number of carbonyl (C=O) groups excluding carboxylic acids is 1. The van der Waals surface area contributed by atoms with E-state index in [4.69, 9.17) is 16.3 Å². The number of carbonyl (C=O) groups is 1. The normalized spacial score (nSPS) is 14.5. The molecule has 0 unspecified atom stereocenters. The lowest BCUT2D eigenvalue weighted by Gasteiger charge is -2.22. The van der Waals surface area contributed by atoms with Gasteiger partial charge in [-0.15, -0.1) is 0 Å². The Balaban J connectivity index is 1.34. The fraction of sp³-hybridized carbons (Fsp3) is 0.273. The van der Waals surface area contributed by atoms with E-state index in [1.54, 1.807) is 0 Å². The molecule has 1 aromatic heterocycles. The van der Waals surface area contributed by atoms with E-state index in [0.29, 0.717) is 17.3 Å². The Bertz CT molecular complexity index is 943. The van der Waals surface area contributed by atoms with E-state index in [1.807, 2.05) is 65.6 Å². The molecule has 1 aliphatic heterocycles. The molecule has 0 spiro atoms. The van der Waals surface area contributed by atoms with Gasteiger partial charge in [0, 0.05) is 37.3 Å². The van der Waals surface area contributed by atoms with Crippen LogP contribution in [0.25, 0.3) is 11.3 Å². The second-order valence-corrected chi connectivity index (χ2v) is 7.41. The van der Waals surface area contributed by atoms with E-state index in [-0.39, 0.29) is 12.5 Å². The Morgan fingerprint density at radius 1 is 1.03 bits per heavy atom. The lowest BCUT2D eigenvalue weighted by molar-refractivity contribution is -0.133. The molecule has 29 heavy (non-hydrogen) atoms. The van der Waals surface area contributed by atoms with Crippen molar-refractivity contribution in [2.45, 2.75) is 6.42 Å². The average Bonchev–Trinajstić information content (AvgIpc) is 3.11. The number of hydrogen-bond acceptors (Lipinski definition) is 4. The molecule has 1 saturated heterocycles. The second-order valence-electron chi connectivity index (χ2n) is 6.97. The standard InChI is InChI=1S/C22H23ClN4O2/c23-18-9-7-17(8-10-18)20-15-21(25-24-20)26-11-4-12-27(14-13-26)22(28)16-29-19-5-2-1-3-6-19/h1-3,5-10,15H,4,11-14,16H2,(H,24,25). The van der Waals surface area contributed by atoms with E-state index in [1.165, 1.54) is 0 Å². The van der Waals surface area contributed by atoms with Gasteiger partial charge in [-0.1, -0.05) is 41.9 Å². The second kappa shape index (κ2) is 9.01. The van der Waals surface area contributed by atoms with Crippen molar-refractivity contribution in [3.05, 3.63) is 65.7 Å². The van der Waals surface area contributed by atoms with Gasteiger partial charge in [0.1, 0.15) is 5.75 Å². The minimum atomic E-state index is 0.0135. The molecule has 0 atom stereocenters. The molecule has 1 amide bonds. The topological polar surface area (TPSA) is 61.5 Å². The van der Waals surface area contributed by atoms with Gasteiger partial charge in [-0.3, -0.25) is 9.89 Å². The summed E-state index contributed by atoms with van der Waals surface area (Å²) in [6.07, 6.45) is 0.889. The molecular formula is C22H23ClN4O2. The number of hydrogen-bond donors (Lipinski definition) is 1. The summed E-state index contributed by atoms with van der Waals surface area (Å²) in [6, 6.07) is 19.1. The molecular weight excluding hydrogens is 388 g/mol. The summed E-state index contributed by atoms with van der Waals surface area (Å²) in [6.45, 7) is 3.03. The Kier molecular flexibility index (Phi) is 6.00. The fourth-order valence-electron chi connectivity index (χ4n) is 3.40. The molecule has 3 aromatic rings. The molecule has 0 aliphatic carbocycles. The van der Waals surface area contributed by atoms with Crippen LogP contribution in [0.4, 0.5) is 5.82 Å². The lowest BCUT2D eigenvalue weighted by Crippen LogP contribution is -2.38. The molecule has 1 N–H and O–H groups in total. The highest BCUT2D eigenvalue weighted by atomic mass is 35.5. The van der Waals surface area contributed by atoms with Crippen molar-refractivity contribution in [3.8, 4) is 17.0 Å². The molecule has 2 heterocycles. The minimum absolute atomic E-state index is 0.0135. The molecule has 2 aromatic carbocycles. The molecule has 1 fully saturated rings. The third-order valence-electron chi connectivity index (χ3n) is 5.00. The van der Waals surface area contributed by atoms with Crippen LogP contribution < -0.4 is 9.64 Å². The summed E-state index contributed by atoms with van der Waals surface area (Å²) in [4.78, 5) is 16.6. The van der Waals surface area contributed by atoms with E-state index in [9.17, 15) is 4.79 Å². The first-order valence-electron chi connectivity index (χ1n) is 9.71. The molecule has 7 heteroatoms. The molecule has 0 bridgehead atoms. The number of halogens is 1. The monoisotopic (exact) mass is 410 g/mol. The number of nitrogens with one attached hydrogen (secondary N) is 1. The van der Waals surface area contributed by atoms with Crippen LogP contribution in [0.5, 0.6) is 5.75 Å². The highest BCUT2D eigenvalue weighted by Crippen LogP contribution is 2.24. The van der Waals surface area contributed by atoms with Crippen molar-refractivity contribution in [1.82, 2.24) is 15.1 Å². The van der Waals surface area contributed by atoms with Crippen molar-refractivity contribution >= 4 is 23.3 Å². The Morgan fingerprint density at radius 2 is 1.83 bits per heavy atom. The number of amides is 1. The number of aromatic amines is 1. The number of aromatic nitrogens is 2. The fourth-order valence-corrected chi connectivity index (χ4v) is 3.53. The highest BCUT2D eigenvalue weighted by molar-refractivity contribution is 6.30. The zero-order valence-electron chi connectivity index (χ0n) is 16.1. The van der Waals surface area contributed by atoms with Crippen LogP contribution in [-0.2, 0) is 4.79 Å². The summed E-state index contributed by atoms with van der Waals surface area (Å²) in [5.41, 5.74) is 1.99. The van der Waals surface area contributed by atoms with Gasteiger partial charge in [-0.05, 0) is 36.2 Å². The third-order valence-corrected chi connectivity index (χ3v) is 5.25. The minimum Gasteiger partial charge on any atom is -0.484 e. The largest absolute Gasteiger partial charge is 0.484 e. The smallest absolute Gasteiger partial charge is 0.260 e. The van der Waals surface area contributed by atoms with Gasteiger partial charge in [0.05, 0.1) is 5.69 Å². The van der Waals surface area contributed by atoms with Gasteiger partial charge in [-0.2, -0.15) is 5.10 Å². The summed E-state index contributed by atoms with van der Waals surface area (Å²) >= 11 is 5.97. The summed E-state index contributed by atoms with van der Waals surface area (Å²) < 4.78 is 5.60. The van der Waals surface area contributed by atoms with Gasteiger partial charge >= 0.3 is 0 Å². The van der Waals surface area contributed by atoms with E-state index in [0.717, 1.165) is 43.1 Å². The number of benzene rings is 2. The molecule has 4 rings (SSSR count). The van der Waals surface area contributed by atoms with Crippen LogP contribution in [0.3, 0.4) is 0 Å². The summed E-state index contributed by atoms with van der Waals surface area (Å²) in [7, 11) is 0. The van der Waals surface area contributed by atoms with Gasteiger partial charge in [0.15, 0.2) is 12.4 Å². The van der Waals surface area contributed by atoms with E-state index < -0.39 is 0 Å². The Labute approximate surface area is 175 Å². The van der Waals surface area contributed by atoms with Crippen LogP contribution in [0.15, 0.2) is 60.7 Å². The molecule has 0 saturated carbocycles. The first kappa shape index (κ1) is 19.3. The zero-order chi connectivity index (χ0) is 20.1. The van der Waals surface area contributed by atoms with Crippen molar-refractivity contribution in [2.75, 3.05) is 37.7 Å². The number of ether oxygens (including phenoxy) is 1. The predicted octanol–water partition coefficient (Wildman–Crippen LogP) is 3.85. The maximum absolute atomic E-state index is 12.5. The first-order chi connectivity index (χ1) is 14.2. The van der Waals surface area contributed by atoms with Gasteiger partial charge in [-0.25, -0.2) is 0 Å². The Morgan fingerprint density at radius 3 is 2.62 bits per heavy atom. The van der Waals surface area contributed by atoms with Crippen molar-refractivity contribution in [1.29, 1.82) is 0 Å². The maximum Gasteiger partial charge on any atom is 0.260 e. The van der Waals surface area contributed by atoms with Crippen molar-refractivity contribution in [2.24, 2.45) is 0 Å². The lowest BCUT2D eigenvalue weighted by atomic mass is 10.1. The number of H-pyrrole nitrogens is 1. The predicted molar refractivity (Wildman–Crippen MR) is 114 cm³/mol. The number of rotatable bonds is 5. The maximum atomic E-state index is 12.5. The van der Waals surface area contributed by atoms with Crippen LogP contribution in [-0.4, -0.2) is 53.8 Å². The molecule has 150 valence electrons. The molecule has 1 aliphatic rings. The van der Waals surface area contributed by atoms with Gasteiger partial charge in [0.2, 0.25) is 0 Å². The Hall–Kier alpha value is -2.99. The first-order valence-corrected chi connectivity index (χ1v) is 10.1. The third kappa shape index (κ3) is 4.90. The van der Waals surface area contributed by atoms with Crippen LogP contribution in [0.1, 0.15) is 6.42 Å². The summed E-state index contributed by atoms with van der Waals surface area (Å²) in [5.74, 6) is 1.62. The number of nitrogens with zero attached hydrogens (tertiary/aromatic N) is 3. The van der Waals surface area contributed by atoms with Crippen LogP contribution in [0, 0.1) is 0 Å². The average molecular weight is 411 g/mol. The quantitative estimate of drug-likeness (QED) is 0.694. The van der Waals surface area contributed by atoms with Gasteiger partial charge < -0.3 is 14.5 Å². The molecule has 0 radical (unpaired) electrons. The number of anilines is 1. The van der Waals surface area contributed by atoms with Crippen LogP contribution >= 0.6 is 11.6 Å².